The first-order valence-electron chi connectivity index (χ1n) is 11.9. The smallest absolute Gasteiger partial charge is 0.407 e. The van der Waals surface area contributed by atoms with Gasteiger partial charge in [-0.05, 0) is 61.7 Å². The molecule has 2 saturated heterocycles. The van der Waals surface area contributed by atoms with Gasteiger partial charge in [0, 0.05) is 43.9 Å². The van der Waals surface area contributed by atoms with Crippen LogP contribution in [0.1, 0.15) is 32.1 Å². The Labute approximate surface area is 212 Å². The summed E-state index contributed by atoms with van der Waals surface area (Å²) in [7, 11) is 0. The lowest BCUT2D eigenvalue weighted by molar-refractivity contribution is -0.121. The molecule has 0 bridgehead atoms. The quantitative estimate of drug-likeness (QED) is 0.501. The molecule has 2 aromatic rings. The van der Waals surface area contributed by atoms with Crippen LogP contribution < -0.4 is 19.7 Å². The zero-order valence-corrected chi connectivity index (χ0v) is 20.3. The Hall–Kier alpha value is -3.27. The van der Waals surface area contributed by atoms with Gasteiger partial charge in [-0.1, -0.05) is 11.6 Å². The highest BCUT2D eigenvalue weighted by Crippen LogP contribution is 2.31. The summed E-state index contributed by atoms with van der Waals surface area (Å²) in [5.41, 5.74) is 1.40. The zero-order valence-electron chi connectivity index (χ0n) is 19.5. The van der Waals surface area contributed by atoms with E-state index in [0.29, 0.717) is 29.4 Å². The lowest BCUT2D eigenvalue weighted by Gasteiger charge is -2.34. The highest BCUT2D eigenvalue weighted by molar-refractivity contribution is 6.32. The molecule has 0 unspecified atom stereocenters. The Bertz CT molecular complexity index is 1060. The molecule has 2 amide bonds. The Morgan fingerprint density at radius 1 is 1.03 bits per heavy atom. The number of carbonyl (C=O) groups is 2. The second-order valence-corrected chi connectivity index (χ2v) is 9.21. The second-order valence-electron chi connectivity index (χ2n) is 8.80. The molecule has 1 atom stereocenters. The zero-order chi connectivity index (χ0) is 25.7. The maximum absolute atomic E-state index is 12.7. The van der Waals surface area contributed by atoms with E-state index in [-0.39, 0.29) is 17.8 Å². The van der Waals surface area contributed by atoms with Gasteiger partial charge in [-0.2, -0.15) is 8.78 Å². The molecule has 0 radical (unpaired) electrons. The number of amides is 2. The van der Waals surface area contributed by atoms with E-state index in [1.807, 2.05) is 0 Å². The first-order chi connectivity index (χ1) is 17.3. The van der Waals surface area contributed by atoms with Crippen molar-refractivity contribution in [2.24, 2.45) is 0 Å². The molecule has 0 spiro atoms. The van der Waals surface area contributed by atoms with E-state index >= 15 is 0 Å². The molecule has 8 nitrogen and oxygen atoms in total. The Morgan fingerprint density at radius 3 is 2.39 bits per heavy atom. The van der Waals surface area contributed by atoms with Crippen LogP contribution in [-0.4, -0.2) is 60.4 Å². The molecule has 2 aromatic carbocycles. The van der Waals surface area contributed by atoms with Gasteiger partial charge < -0.3 is 24.8 Å². The summed E-state index contributed by atoms with van der Waals surface area (Å²) in [4.78, 5) is 27.4. The number of hydrogen-bond donors (Lipinski definition) is 2. The van der Waals surface area contributed by atoms with Crippen molar-refractivity contribution in [1.29, 1.82) is 0 Å². The summed E-state index contributed by atoms with van der Waals surface area (Å²) in [5.74, 6) is 0.258. The van der Waals surface area contributed by atoms with Gasteiger partial charge >= 0.3 is 12.7 Å². The fourth-order valence-electron chi connectivity index (χ4n) is 4.58. The first kappa shape index (κ1) is 25.8. The molecule has 2 aliphatic rings. The molecule has 2 aliphatic heterocycles. The minimum atomic E-state index is -2.85. The van der Waals surface area contributed by atoms with Crippen LogP contribution in [0.15, 0.2) is 42.5 Å². The lowest BCUT2D eigenvalue weighted by Crippen LogP contribution is -2.49. The first-order valence-corrected chi connectivity index (χ1v) is 12.2. The van der Waals surface area contributed by atoms with E-state index < -0.39 is 18.7 Å². The van der Waals surface area contributed by atoms with Gasteiger partial charge in [0.2, 0.25) is 5.91 Å². The summed E-state index contributed by atoms with van der Waals surface area (Å²) in [6.07, 6.45) is 2.38. The van der Waals surface area contributed by atoms with Crippen LogP contribution >= 0.6 is 11.6 Å². The average molecular weight is 524 g/mol. The lowest BCUT2D eigenvalue weighted by atomic mass is 10.0. The SMILES string of the molecule is O=C(Nc1ccc(OC2CCN(c3ccc(OC(F)F)cc3)CC2)c(Cl)c1)[C@H]1CCCCN1C(=O)O. The topological polar surface area (TPSA) is 91.3 Å². The van der Waals surface area contributed by atoms with Crippen molar-refractivity contribution in [3.8, 4) is 11.5 Å². The minimum Gasteiger partial charge on any atom is -0.489 e. The maximum atomic E-state index is 12.7. The molecule has 2 N–H and O–H groups in total. The number of nitrogens with zero attached hydrogens (tertiary/aromatic N) is 2. The Balaban J connectivity index is 1.29. The summed E-state index contributed by atoms with van der Waals surface area (Å²) >= 11 is 6.42. The summed E-state index contributed by atoms with van der Waals surface area (Å²) in [6.45, 7) is -1.04. The standard InChI is InChI=1S/C25H28ClF2N3O5/c26-20-15-16(29-23(32)21-3-1-2-12-31(21)25(33)34)4-9-22(20)35-19-10-13-30(14-11-19)17-5-7-18(8-6-17)36-24(27)28/h4-9,15,19,21,24H,1-3,10-14H2,(H,29,32)(H,33,34)/t21-/m1/s1. The molecule has 36 heavy (non-hydrogen) atoms. The normalized spacial score (nSPS) is 18.7. The monoisotopic (exact) mass is 523 g/mol. The number of ether oxygens (including phenoxy) is 2. The van der Waals surface area contributed by atoms with E-state index in [9.17, 15) is 23.5 Å². The number of carbonyl (C=O) groups excluding carboxylic acids is 1. The van der Waals surface area contributed by atoms with E-state index in [2.05, 4.69) is 15.0 Å². The third kappa shape index (κ3) is 6.48. The van der Waals surface area contributed by atoms with E-state index in [0.717, 1.165) is 44.5 Å². The van der Waals surface area contributed by atoms with Crippen LogP contribution in [-0.2, 0) is 4.79 Å². The molecule has 2 heterocycles. The van der Waals surface area contributed by atoms with Crippen molar-refractivity contribution >= 4 is 35.0 Å². The van der Waals surface area contributed by atoms with E-state index in [1.165, 1.54) is 17.0 Å². The molecular formula is C25H28ClF2N3O5. The Kier molecular flexibility index (Phi) is 8.35. The highest BCUT2D eigenvalue weighted by atomic mass is 35.5. The number of hydrogen-bond acceptors (Lipinski definition) is 5. The predicted octanol–water partition coefficient (Wildman–Crippen LogP) is 5.46. The second kappa shape index (κ2) is 11.6. The molecule has 0 aliphatic carbocycles. The number of halogens is 3. The van der Waals surface area contributed by atoms with Gasteiger partial charge in [-0.15, -0.1) is 0 Å². The number of piperidine rings is 2. The van der Waals surface area contributed by atoms with Crippen LogP contribution in [0.3, 0.4) is 0 Å². The third-order valence-electron chi connectivity index (χ3n) is 6.41. The van der Waals surface area contributed by atoms with Crippen LogP contribution in [0.4, 0.5) is 25.0 Å². The fourth-order valence-corrected chi connectivity index (χ4v) is 4.81. The number of carboxylic acid groups (broad SMARTS) is 1. The number of nitrogens with one attached hydrogen (secondary N) is 1. The number of benzene rings is 2. The van der Waals surface area contributed by atoms with E-state index in [1.54, 1.807) is 30.3 Å². The van der Waals surface area contributed by atoms with Crippen LogP contribution in [0.5, 0.6) is 11.5 Å². The number of anilines is 2. The highest BCUT2D eigenvalue weighted by Gasteiger charge is 2.32. The molecular weight excluding hydrogens is 496 g/mol. The van der Waals surface area contributed by atoms with Gasteiger partial charge in [0.15, 0.2) is 0 Å². The molecule has 2 fully saturated rings. The minimum absolute atomic E-state index is 0.0491. The third-order valence-corrected chi connectivity index (χ3v) is 6.71. The van der Waals surface area contributed by atoms with Gasteiger partial charge in [0.25, 0.3) is 0 Å². The largest absolute Gasteiger partial charge is 0.489 e. The van der Waals surface area contributed by atoms with Crippen LogP contribution in [0.2, 0.25) is 5.02 Å². The van der Waals surface area contributed by atoms with Gasteiger partial charge in [0.1, 0.15) is 23.6 Å². The molecule has 4 rings (SSSR count). The van der Waals surface area contributed by atoms with Crippen molar-refractivity contribution in [1.82, 2.24) is 4.90 Å². The summed E-state index contributed by atoms with van der Waals surface area (Å²) < 4.78 is 35.1. The molecule has 11 heteroatoms. The van der Waals surface area contributed by atoms with Crippen LogP contribution in [0.25, 0.3) is 0 Å². The Morgan fingerprint density at radius 2 is 1.75 bits per heavy atom. The van der Waals surface area contributed by atoms with Crippen molar-refractivity contribution in [3.63, 3.8) is 0 Å². The average Bonchev–Trinajstić information content (AvgIpc) is 2.86. The summed E-state index contributed by atoms with van der Waals surface area (Å²) in [6, 6.07) is 10.8. The van der Waals surface area contributed by atoms with Crippen LogP contribution in [0, 0.1) is 0 Å². The number of likely N-dealkylation sites (tertiary alicyclic amines) is 1. The summed E-state index contributed by atoms with van der Waals surface area (Å²) in [5, 5.41) is 12.5. The van der Waals surface area contributed by atoms with Crippen molar-refractivity contribution in [3.05, 3.63) is 47.5 Å². The predicted molar refractivity (Wildman–Crippen MR) is 131 cm³/mol. The van der Waals surface area contributed by atoms with Crippen molar-refractivity contribution < 1.29 is 33.0 Å². The van der Waals surface area contributed by atoms with Crippen molar-refractivity contribution in [2.75, 3.05) is 29.9 Å². The van der Waals surface area contributed by atoms with Crippen molar-refractivity contribution in [2.45, 2.75) is 50.9 Å². The molecule has 0 saturated carbocycles. The van der Waals surface area contributed by atoms with Gasteiger partial charge in [-0.25, -0.2) is 4.79 Å². The van der Waals surface area contributed by atoms with Gasteiger partial charge in [-0.3, -0.25) is 9.69 Å². The molecule has 194 valence electrons. The fraction of sp³-hybridized carbons (Fsp3) is 0.440. The molecule has 0 aromatic heterocycles. The van der Waals surface area contributed by atoms with Gasteiger partial charge in [0.05, 0.1) is 5.02 Å². The number of rotatable bonds is 7. The number of alkyl halides is 2. The maximum Gasteiger partial charge on any atom is 0.407 e. The van der Waals surface area contributed by atoms with E-state index in [4.69, 9.17) is 16.3 Å².